The lowest BCUT2D eigenvalue weighted by Gasteiger charge is -2.17. The summed E-state index contributed by atoms with van der Waals surface area (Å²) in [5.41, 5.74) is 5.26. The van der Waals surface area contributed by atoms with E-state index in [9.17, 15) is 26.3 Å². The van der Waals surface area contributed by atoms with Gasteiger partial charge in [0.25, 0.3) is 0 Å². The van der Waals surface area contributed by atoms with Crippen molar-refractivity contribution in [2.75, 3.05) is 0 Å². The number of halogens is 7. The quantitative estimate of drug-likeness (QED) is 0.745. The molecule has 2 nitrogen and oxygen atoms in total. The molecule has 2 rings (SSSR count). The number of rotatable bonds is 3. The van der Waals surface area contributed by atoms with Crippen molar-refractivity contribution in [3.63, 3.8) is 0 Å². The van der Waals surface area contributed by atoms with Crippen LogP contribution in [-0.4, -0.2) is 6.36 Å². The van der Waals surface area contributed by atoms with Crippen LogP contribution in [0.5, 0.6) is 5.75 Å². The van der Waals surface area contributed by atoms with Crippen molar-refractivity contribution in [3.8, 4) is 5.75 Å². The molecule has 9 heteroatoms. The summed E-state index contributed by atoms with van der Waals surface area (Å²) in [5.74, 6) is -0.464. The average Bonchev–Trinajstić information content (AvgIpc) is 2.45. The minimum absolute atomic E-state index is 0.0102. The first-order valence-corrected chi connectivity index (χ1v) is 6.83. The fourth-order valence-corrected chi connectivity index (χ4v) is 2.25. The molecular weight excluding hydrogens is 360 g/mol. The van der Waals surface area contributed by atoms with Gasteiger partial charge >= 0.3 is 12.5 Å². The smallest absolute Gasteiger partial charge is 0.406 e. The largest absolute Gasteiger partial charge is 0.573 e. The van der Waals surface area contributed by atoms with E-state index >= 15 is 0 Å². The maximum Gasteiger partial charge on any atom is 0.573 e. The standard InChI is InChI=1S/C15H10ClF6NO/c16-12-6-3-9(14(17,18)19)7-11(12)13(23)8-1-4-10(5-2-8)24-15(20,21)22/h1-7,13H,23H2/t13-/m0/s1. The van der Waals surface area contributed by atoms with Crippen molar-refractivity contribution < 1.29 is 31.1 Å². The molecule has 24 heavy (non-hydrogen) atoms. The lowest BCUT2D eigenvalue weighted by molar-refractivity contribution is -0.274. The van der Waals surface area contributed by atoms with Crippen LogP contribution < -0.4 is 10.5 Å². The zero-order valence-corrected chi connectivity index (χ0v) is 12.5. The second-order valence-electron chi connectivity index (χ2n) is 4.83. The van der Waals surface area contributed by atoms with Gasteiger partial charge in [-0.2, -0.15) is 13.2 Å². The van der Waals surface area contributed by atoms with Crippen molar-refractivity contribution in [3.05, 3.63) is 64.2 Å². The highest BCUT2D eigenvalue weighted by Crippen LogP contribution is 2.35. The number of alkyl halides is 6. The lowest BCUT2D eigenvalue weighted by Crippen LogP contribution is -2.17. The molecule has 0 saturated heterocycles. The Hall–Kier alpha value is -1.93. The van der Waals surface area contributed by atoms with Gasteiger partial charge in [0.2, 0.25) is 0 Å². The molecule has 0 spiro atoms. The summed E-state index contributed by atoms with van der Waals surface area (Å²) in [6.07, 6.45) is -9.41. The summed E-state index contributed by atoms with van der Waals surface area (Å²) in [6, 6.07) is 6.14. The molecule has 0 saturated carbocycles. The normalized spacial score (nSPS) is 13.7. The summed E-state index contributed by atoms with van der Waals surface area (Å²) in [6.45, 7) is 0. The summed E-state index contributed by atoms with van der Waals surface area (Å²) in [5, 5.41) is 0.0196. The Morgan fingerprint density at radius 1 is 0.917 bits per heavy atom. The van der Waals surface area contributed by atoms with Crippen molar-refractivity contribution in [1.29, 1.82) is 0 Å². The summed E-state index contributed by atoms with van der Waals surface area (Å²) in [7, 11) is 0. The van der Waals surface area contributed by atoms with Gasteiger partial charge in [-0.1, -0.05) is 23.7 Å². The van der Waals surface area contributed by atoms with Crippen LogP contribution in [-0.2, 0) is 6.18 Å². The SMILES string of the molecule is N[C@@H](c1ccc(OC(F)(F)F)cc1)c1cc(C(F)(F)F)ccc1Cl. The zero-order chi connectivity index (χ0) is 18.1. The molecule has 0 heterocycles. The van der Waals surface area contributed by atoms with E-state index in [-0.39, 0.29) is 16.1 Å². The van der Waals surface area contributed by atoms with Crippen LogP contribution in [0.25, 0.3) is 0 Å². The van der Waals surface area contributed by atoms with Crippen LogP contribution in [0.4, 0.5) is 26.3 Å². The first-order valence-electron chi connectivity index (χ1n) is 6.45. The van der Waals surface area contributed by atoms with E-state index in [1.54, 1.807) is 0 Å². The van der Waals surface area contributed by atoms with E-state index in [2.05, 4.69) is 4.74 Å². The molecule has 0 radical (unpaired) electrons. The van der Waals surface area contributed by atoms with Crippen LogP contribution in [0.15, 0.2) is 42.5 Å². The molecule has 0 aromatic heterocycles. The molecular formula is C15H10ClF6NO. The molecule has 0 bridgehead atoms. The van der Waals surface area contributed by atoms with Gasteiger partial charge in [0.15, 0.2) is 0 Å². The topological polar surface area (TPSA) is 35.2 Å². The van der Waals surface area contributed by atoms with Gasteiger partial charge in [-0.25, -0.2) is 0 Å². The van der Waals surface area contributed by atoms with E-state index in [1.807, 2.05) is 0 Å². The number of ether oxygens (including phenoxy) is 1. The van der Waals surface area contributed by atoms with E-state index in [0.717, 1.165) is 30.3 Å². The third kappa shape index (κ3) is 4.55. The van der Waals surface area contributed by atoms with Gasteiger partial charge in [0.1, 0.15) is 5.75 Å². The molecule has 1 atom stereocenters. The Balaban J connectivity index is 2.30. The fraction of sp³-hybridized carbons (Fsp3) is 0.200. The van der Waals surface area contributed by atoms with Gasteiger partial charge in [-0.15, -0.1) is 13.2 Å². The number of hydrogen-bond acceptors (Lipinski definition) is 2. The maximum absolute atomic E-state index is 12.8. The van der Waals surface area contributed by atoms with Crippen molar-refractivity contribution >= 4 is 11.6 Å². The predicted octanol–water partition coefficient (Wildman–Crippen LogP) is 5.31. The van der Waals surface area contributed by atoms with Crippen molar-refractivity contribution in [1.82, 2.24) is 0 Å². The first-order chi connectivity index (χ1) is 11.0. The molecule has 0 fully saturated rings. The Morgan fingerprint density at radius 3 is 2.00 bits per heavy atom. The Bertz CT molecular complexity index is 711. The van der Waals surface area contributed by atoms with E-state index in [0.29, 0.717) is 0 Å². The second-order valence-corrected chi connectivity index (χ2v) is 5.24. The minimum atomic E-state index is -4.84. The number of hydrogen-bond donors (Lipinski definition) is 1. The van der Waals surface area contributed by atoms with E-state index < -0.39 is 29.9 Å². The molecule has 2 aromatic carbocycles. The summed E-state index contributed by atoms with van der Waals surface area (Å²) in [4.78, 5) is 0. The summed E-state index contributed by atoms with van der Waals surface area (Å²) >= 11 is 5.89. The Labute approximate surface area is 137 Å². The lowest BCUT2D eigenvalue weighted by atomic mass is 9.97. The van der Waals surface area contributed by atoms with E-state index in [1.165, 1.54) is 12.1 Å². The van der Waals surface area contributed by atoms with Crippen LogP contribution in [0.2, 0.25) is 5.02 Å². The molecule has 2 aromatic rings. The third-order valence-electron chi connectivity index (χ3n) is 3.13. The fourth-order valence-electron chi connectivity index (χ4n) is 2.01. The van der Waals surface area contributed by atoms with E-state index in [4.69, 9.17) is 17.3 Å². The van der Waals surface area contributed by atoms with Crippen molar-refractivity contribution in [2.45, 2.75) is 18.6 Å². The number of nitrogens with two attached hydrogens (primary N) is 1. The predicted molar refractivity (Wildman–Crippen MR) is 75.6 cm³/mol. The van der Waals surface area contributed by atoms with Gasteiger partial charge < -0.3 is 10.5 Å². The molecule has 130 valence electrons. The van der Waals surface area contributed by atoms with Gasteiger partial charge in [-0.3, -0.25) is 0 Å². The highest BCUT2D eigenvalue weighted by molar-refractivity contribution is 6.31. The maximum atomic E-state index is 12.8. The molecule has 0 unspecified atom stereocenters. The van der Waals surface area contributed by atoms with Crippen LogP contribution >= 0.6 is 11.6 Å². The molecule has 0 aliphatic carbocycles. The Morgan fingerprint density at radius 2 is 1.50 bits per heavy atom. The van der Waals surface area contributed by atoms with Gasteiger partial charge in [0.05, 0.1) is 11.6 Å². The Kier molecular flexibility index (Phi) is 5.00. The highest BCUT2D eigenvalue weighted by atomic mass is 35.5. The molecule has 0 amide bonds. The average molecular weight is 370 g/mol. The van der Waals surface area contributed by atoms with Gasteiger partial charge in [0, 0.05) is 5.02 Å². The van der Waals surface area contributed by atoms with Crippen molar-refractivity contribution in [2.24, 2.45) is 5.73 Å². The third-order valence-corrected chi connectivity index (χ3v) is 3.48. The summed E-state index contributed by atoms with van der Waals surface area (Å²) < 4.78 is 78.3. The number of benzene rings is 2. The highest BCUT2D eigenvalue weighted by Gasteiger charge is 2.32. The second kappa shape index (κ2) is 6.52. The molecule has 0 aliphatic rings. The molecule has 0 aliphatic heterocycles. The minimum Gasteiger partial charge on any atom is -0.406 e. The zero-order valence-electron chi connectivity index (χ0n) is 11.8. The van der Waals surface area contributed by atoms with Crippen LogP contribution in [0.3, 0.4) is 0 Å². The van der Waals surface area contributed by atoms with Crippen LogP contribution in [0.1, 0.15) is 22.7 Å². The van der Waals surface area contributed by atoms with Crippen LogP contribution in [0, 0.1) is 0 Å². The van der Waals surface area contributed by atoms with Gasteiger partial charge in [-0.05, 0) is 41.5 Å². The monoisotopic (exact) mass is 369 g/mol. The first kappa shape index (κ1) is 18.4. The molecule has 2 N–H and O–H groups in total.